The van der Waals surface area contributed by atoms with Crippen LogP contribution in [-0.4, -0.2) is 88.0 Å². The van der Waals surface area contributed by atoms with Crippen molar-refractivity contribution in [1.82, 2.24) is 0 Å². The third kappa shape index (κ3) is 4.23. The summed E-state index contributed by atoms with van der Waals surface area (Å²) >= 11 is 0. The molecule has 5 aliphatic carbocycles. The van der Waals surface area contributed by atoms with Gasteiger partial charge in [-0.2, -0.15) is 0 Å². The Morgan fingerprint density at radius 3 is 2.34 bits per heavy atom. The Morgan fingerprint density at radius 1 is 1.00 bits per heavy atom. The van der Waals surface area contributed by atoms with Gasteiger partial charge in [0.05, 0.1) is 12.7 Å². The van der Waals surface area contributed by atoms with Crippen LogP contribution in [0.3, 0.4) is 0 Å². The fourth-order valence-corrected chi connectivity index (χ4v) is 12.4. The highest BCUT2D eigenvalue weighted by molar-refractivity contribution is 5.88. The van der Waals surface area contributed by atoms with Crippen molar-refractivity contribution < 1.29 is 49.0 Å². The van der Waals surface area contributed by atoms with Crippen LogP contribution >= 0.6 is 0 Å². The van der Waals surface area contributed by atoms with Crippen LogP contribution in [0.2, 0.25) is 0 Å². The monoisotopic (exact) mass is 620 g/mol. The first-order chi connectivity index (χ1) is 20.5. The summed E-state index contributed by atoms with van der Waals surface area (Å²) in [6, 6.07) is 0. The van der Waals surface area contributed by atoms with E-state index < -0.39 is 54.1 Å². The van der Waals surface area contributed by atoms with Crippen LogP contribution in [0.1, 0.15) is 92.9 Å². The Hall–Kier alpha value is -1.43. The molecule has 0 aromatic heterocycles. The molecule has 0 unspecified atom stereocenters. The molecule has 6 fully saturated rings. The van der Waals surface area contributed by atoms with E-state index in [4.69, 9.17) is 14.2 Å². The largest absolute Gasteiger partial charge is 0.462 e. The van der Waals surface area contributed by atoms with Crippen LogP contribution in [0.15, 0.2) is 0 Å². The number of aliphatic hydroxyl groups excluding tert-OH is 4. The summed E-state index contributed by atoms with van der Waals surface area (Å²) in [5.74, 6) is -0.632. The Bertz CT molecular complexity index is 1200. The molecule has 6 aliphatic rings. The highest BCUT2D eigenvalue weighted by atomic mass is 16.7. The van der Waals surface area contributed by atoms with Crippen molar-refractivity contribution >= 4 is 17.5 Å². The normalized spacial score (nSPS) is 51.3. The van der Waals surface area contributed by atoms with Gasteiger partial charge >= 0.3 is 5.97 Å². The predicted molar refractivity (Wildman–Crippen MR) is 157 cm³/mol. The number of hydrogen-bond donors (Lipinski definition) is 4. The molecule has 1 aliphatic heterocycles. The average Bonchev–Trinajstić information content (AvgIpc) is 3.53. The number of ether oxygens (including phenoxy) is 3. The minimum Gasteiger partial charge on any atom is -0.462 e. The molecule has 0 amide bonds. The third-order valence-corrected chi connectivity index (χ3v) is 14.3. The SMILES string of the molecule is CC(=O)O[C@@H]1C[C@]23C[C@]24CC[C@H](O[C@H]2OC[C@@H](O)[C@H](O)[C@H]2O)C(C)(C)[C@@H]4CC[C@H]3[C@@]2(C)CC(=O)[C@@H]([C@@H](C)CC(=O)CO)[C@@]12C. The average molecular weight is 621 g/mol. The van der Waals surface area contributed by atoms with E-state index in [1.54, 1.807) is 0 Å². The lowest BCUT2D eigenvalue weighted by atomic mass is 9.41. The van der Waals surface area contributed by atoms with Crippen molar-refractivity contribution in [2.45, 2.75) is 130 Å². The van der Waals surface area contributed by atoms with Crippen molar-refractivity contribution in [1.29, 1.82) is 0 Å². The molecule has 14 atom stereocenters. The molecular formula is C34H52O10. The number of Topliss-reactive ketones (excluding diaryl/α,β-unsaturated/α-hetero) is 2. The second kappa shape index (κ2) is 10.5. The number of carbonyl (C=O) groups excluding carboxylic acids is 3. The second-order valence-corrected chi connectivity index (χ2v) is 16.4. The fraction of sp³-hybridized carbons (Fsp3) is 0.912. The van der Waals surface area contributed by atoms with Crippen LogP contribution in [0, 0.1) is 50.7 Å². The van der Waals surface area contributed by atoms with Crippen molar-refractivity contribution in [3.63, 3.8) is 0 Å². The number of rotatable bonds is 7. The molecule has 1 saturated heterocycles. The van der Waals surface area contributed by atoms with Gasteiger partial charge in [0, 0.05) is 31.1 Å². The standard InChI is InChI=1S/C34H52O10/c1-17(11-19(37)14-35)26-20(38)12-31(5)23-8-7-22-30(3,4)24(44-29-28(41)27(40)21(39)15-42-29)9-10-33(22)16-34(23,33)13-25(32(26,31)6)43-18(2)36/h17,21-29,35,39-41H,7-16H2,1-6H3/t17-,21+,22-,23-,24-,25+,26+,27-,28+,29+,31+,32+,33-,34+/m0/s1. The second-order valence-electron chi connectivity index (χ2n) is 16.4. The zero-order valence-electron chi connectivity index (χ0n) is 27.1. The van der Waals surface area contributed by atoms with Crippen LogP contribution in [0.4, 0.5) is 0 Å². The zero-order chi connectivity index (χ0) is 32.2. The molecule has 248 valence electrons. The fourth-order valence-electron chi connectivity index (χ4n) is 12.4. The van der Waals surface area contributed by atoms with E-state index in [-0.39, 0.29) is 64.7 Å². The molecule has 44 heavy (non-hydrogen) atoms. The molecule has 0 bridgehead atoms. The molecule has 6 rings (SSSR count). The van der Waals surface area contributed by atoms with Gasteiger partial charge in [-0.05, 0) is 77.9 Å². The summed E-state index contributed by atoms with van der Waals surface area (Å²) in [5, 5.41) is 40.2. The first-order valence-corrected chi connectivity index (χ1v) is 16.6. The van der Waals surface area contributed by atoms with E-state index in [0.29, 0.717) is 18.8 Å². The van der Waals surface area contributed by atoms with Gasteiger partial charge in [0.15, 0.2) is 12.1 Å². The first-order valence-electron chi connectivity index (χ1n) is 16.6. The van der Waals surface area contributed by atoms with Crippen LogP contribution < -0.4 is 0 Å². The van der Waals surface area contributed by atoms with Crippen molar-refractivity contribution in [3.05, 3.63) is 0 Å². The van der Waals surface area contributed by atoms with Gasteiger partial charge in [-0.15, -0.1) is 0 Å². The van der Waals surface area contributed by atoms with Gasteiger partial charge in [-0.3, -0.25) is 14.4 Å². The quantitative estimate of drug-likeness (QED) is 0.246. The number of ketones is 2. The summed E-state index contributed by atoms with van der Waals surface area (Å²) in [6.45, 7) is 11.5. The molecule has 5 saturated carbocycles. The number of carbonyl (C=O) groups is 3. The number of fused-ring (bicyclic) bond motifs is 2. The van der Waals surface area contributed by atoms with E-state index >= 15 is 0 Å². The van der Waals surface area contributed by atoms with Gasteiger partial charge in [0.25, 0.3) is 0 Å². The lowest BCUT2D eigenvalue weighted by Crippen LogP contribution is -2.63. The van der Waals surface area contributed by atoms with Gasteiger partial charge in [-0.25, -0.2) is 0 Å². The molecule has 2 spiro atoms. The highest BCUT2D eigenvalue weighted by Gasteiger charge is 2.85. The topological polar surface area (TPSA) is 160 Å². The lowest BCUT2D eigenvalue weighted by Gasteiger charge is -2.64. The highest BCUT2D eigenvalue weighted by Crippen LogP contribution is 2.89. The smallest absolute Gasteiger partial charge is 0.302 e. The maximum absolute atomic E-state index is 14.0. The van der Waals surface area contributed by atoms with E-state index in [2.05, 4.69) is 27.7 Å². The minimum atomic E-state index is -1.34. The summed E-state index contributed by atoms with van der Waals surface area (Å²) < 4.78 is 18.2. The first kappa shape index (κ1) is 32.5. The van der Waals surface area contributed by atoms with Gasteiger partial charge < -0.3 is 34.6 Å². The Kier molecular flexibility index (Phi) is 7.79. The Morgan fingerprint density at radius 2 is 1.68 bits per heavy atom. The number of esters is 1. The molecule has 0 aromatic carbocycles. The Balaban J connectivity index is 1.31. The van der Waals surface area contributed by atoms with Crippen LogP contribution in [0.25, 0.3) is 0 Å². The molecule has 0 radical (unpaired) electrons. The third-order valence-electron chi connectivity index (χ3n) is 14.3. The molecule has 0 aromatic rings. The maximum atomic E-state index is 14.0. The summed E-state index contributed by atoms with van der Waals surface area (Å²) in [7, 11) is 0. The molecule has 10 nitrogen and oxygen atoms in total. The predicted octanol–water partition coefficient (Wildman–Crippen LogP) is 2.56. The molecular weight excluding hydrogens is 568 g/mol. The van der Waals surface area contributed by atoms with Gasteiger partial charge in [0.2, 0.25) is 0 Å². The van der Waals surface area contributed by atoms with Crippen LogP contribution in [-0.2, 0) is 28.6 Å². The molecule has 10 heteroatoms. The van der Waals surface area contributed by atoms with E-state index in [9.17, 15) is 34.8 Å². The van der Waals surface area contributed by atoms with Crippen molar-refractivity contribution in [2.75, 3.05) is 13.2 Å². The Labute approximate surface area is 260 Å². The summed E-state index contributed by atoms with van der Waals surface area (Å²) in [4.78, 5) is 38.9. The van der Waals surface area contributed by atoms with Crippen LogP contribution in [0.5, 0.6) is 0 Å². The van der Waals surface area contributed by atoms with Crippen molar-refractivity contribution in [3.8, 4) is 0 Å². The lowest BCUT2D eigenvalue weighted by molar-refractivity contribution is -0.303. The van der Waals surface area contributed by atoms with E-state index in [1.807, 2.05) is 6.92 Å². The minimum absolute atomic E-state index is 0.0172. The van der Waals surface area contributed by atoms with Gasteiger partial charge in [0.1, 0.15) is 36.8 Å². The van der Waals surface area contributed by atoms with E-state index in [0.717, 1.165) is 32.1 Å². The zero-order valence-corrected chi connectivity index (χ0v) is 27.1. The maximum Gasteiger partial charge on any atom is 0.302 e. The van der Waals surface area contributed by atoms with Crippen molar-refractivity contribution in [2.24, 2.45) is 50.7 Å². The summed E-state index contributed by atoms with van der Waals surface area (Å²) in [5.41, 5.74) is -1.38. The molecule has 4 N–H and O–H groups in total. The number of hydrogen-bond acceptors (Lipinski definition) is 10. The van der Waals surface area contributed by atoms with Gasteiger partial charge in [-0.1, -0.05) is 34.6 Å². The molecule has 1 heterocycles. The van der Waals surface area contributed by atoms with E-state index in [1.165, 1.54) is 6.92 Å². The summed E-state index contributed by atoms with van der Waals surface area (Å²) in [6.07, 6.45) is 0.293. The number of aliphatic hydroxyl groups is 4.